The van der Waals surface area contributed by atoms with Crippen LogP contribution < -0.4 is 10.6 Å². The fourth-order valence-corrected chi connectivity index (χ4v) is 1.78. The molecule has 5 nitrogen and oxygen atoms in total. The molecule has 0 radical (unpaired) electrons. The van der Waals surface area contributed by atoms with Crippen LogP contribution in [-0.2, 0) is 4.79 Å². The van der Waals surface area contributed by atoms with Gasteiger partial charge < -0.3 is 20.6 Å². The van der Waals surface area contributed by atoms with Crippen LogP contribution in [0.1, 0.15) is 6.92 Å². The van der Waals surface area contributed by atoms with Crippen LogP contribution >= 0.6 is 0 Å². The van der Waals surface area contributed by atoms with Crippen molar-refractivity contribution in [1.29, 1.82) is 0 Å². The van der Waals surface area contributed by atoms with Gasteiger partial charge in [0.25, 0.3) is 0 Å². The minimum absolute atomic E-state index is 0.183. The van der Waals surface area contributed by atoms with E-state index in [-0.39, 0.29) is 12.6 Å². The van der Waals surface area contributed by atoms with Crippen LogP contribution in [0.4, 0.5) is 13.2 Å². The Balaban J connectivity index is 2.59. The lowest BCUT2D eigenvalue weighted by Crippen LogP contribution is -2.60. The Kier molecular flexibility index (Phi) is 5.36. The number of halogens is 3. The van der Waals surface area contributed by atoms with Crippen LogP contribution in [0.15, 0.2) is 0 Å². The number of alkyl halides is 3. The van der Waals surface area contributed by atoms with Gasteiger partial charge in [0, 0.05) is 25.7 Å². The van der Waals surface area contributed by atoms with Crippen molar-refractivity contribution in [3.05, 3.63) is 0 Å². The lowest BCUT2D eigenvalue weighted by molar-refractivity contribution is -0.163. The van der Waals surface area contributed by atoms with E-state index >= 15 is 0 Å². The second-order valence-electron chi connectivity index (χ2n) is 4.37. The van der Waals surface area contributed by atoms with Gasteiger partial charge in [-0.05, 0) is 6.92 Å². The van der Waals surface area contributed by atoms with Gasteiger partial charge >= 0.3 is 6.18 Å². The molecule has 1 aliphatic heterocycles. The number of hydrogen-bond acceptors (Lipinski definition) is 4. The summed E-state index contributed by atoms with van der Waals surface area (Å²) in [5.74, 6) is -0.638. The van der Waals surface area contributed by atoms with Gasteiger partial charge in [-0.1, -0.05) is 0 Å². The zero-order valence-electron chi connectivity index (χ0n) is 10.1. The Hall–Kier alpha value is -0.860. The first-order chi connectivity index (χ1) is 8.33. The van der Waals surface area contributed by atoms with Gasteiger partial charge in [0.2, 0.25) is 5.91 Å². The van der Waals surface area contributed by atoms with E-state index in [0.29, 0.717) is 18.0 Å². The number of nitrogens with zero attached hydrogens (tertiary/aromatic N) is 1. The van der Waals surface area contributed by atoms with E-state index in [9.17, 15) is 18.0 Å². The summed E-state index contributed by atoms with van der Waals surface area (Å²) in [5, 5.41) is 14.6. The molecule has 0 aromatic rings. The topological polar surface area (TPSA) is 64.6 Å². The van der Waals surface area contributed by atoms with Crippen molar-refractivity contribution in [2.75, 3.05) is 32.8 Å². The zero-order chi connectivity index (χ0) is 13.8. The summed E-state index contributed by atoms with van der Waals surface area (Å²) < 4.78 is 36.9. The van der Waals surface area contributed by atoms with Gasteiger partial charge in [0.15, 0.2) is 0 Å². The molecule has 18 heavy (non-hydrogen) atoms. The molecule has 0 bridgehead atoms. The number of hydrogen-bond donors (Lipinski definition) is 3. The fourth-order valence-electron chi connectivity index (χ4n) is 1.78. The van der Waals surface area contributed by atoms with Crippen molar-refractivity contribution in [2.24, 2.45) is 0 Å². The quantitative estimate of drug-likeness (QED) is 0.633. The molecule has 0 spiro atoms. The molecular weight excluding hydrogens is 251 g/mol. The predicted molar refractivity (Wildman–Crippen MR) is 59.0 cm³/mol. The molecule has 1 heterocycles. The number of nitrogens with one attached hydrogen (secondary N) is 2. The first-order valence-corrected chi connectivity index (χ1v) is 5.76. The minimum Gasteiger partial charge on any atom is -0.395 e. The largest absolute Gasteiger partial charge is 0.406 e. The number of piperazine rings is 1. The molecular formula is C10H18F3N3O2. The molecule has 1 fully saturated rings. The number of carbonyl (C=O) groups is 1. The lowest BCUT2D eigenvalue weighted by Gasteiger charge is -2.32. The van der Waals surface area contributed by atoms with Gasteiger partial charge in [0.1, 0.15) is 6.54 Å². The third-order valence-corrected chi connectivity index (χ3v) is 2.69. The smallest absolute Gasteiger partial charge is 0.395 e. The highest BCUT2D eigenvalue weighted by Gasteiger charge is 2.35. The number of aliphatic hydroxyl groups excluding tert-OH is 1. The third-order valence-electron chi connectivity index (χ3n) is 2.69. The van der Waals surface area contributed by atoms with Crippen LogP contribution in [0.3, 0.4) is 0 Å². The van der Waals surface area contributed by atoms with Crippen molar-refractivity contribution in [3.63, 3.8) is 0 Å². The first-order valence-electron chi connectivity index (χ1n) is 5.76. The maximum absolute atomic E-state index is 12.3. The average Bonchev–Trinajstić information content (AvgIpc) is 2.27. The van der Waals surface area contributed by atoms with Crippen LogP contribution in [0.2, 0.25) is 0 Å². The van der Waals surface area contributed by atoms with Crippen molar-refractivity contribution in [2.45, 2.75) is 25.2 Å². The zero-order valence-corrected chi connectivity index (χ0v) is 10.1. The predicted octanol–water partition coefficient (Wildman–Crippen LogP) is -0.680. The number of aliphatic hydroxyl groups is 1. The summed E-state index contributed by atoms with van der Waals surface area (Å²) in [6, 6.07) is -0.488. The van der Waals surface area contributed by atoms with Crippen molar-refractivity contribution >= 4 is 5.91 Å². The maximum Gasteiger partial charge on any atom is 0.406 e. The Bertz CT molecular complexity index is 278. The summed E-state index contributed by atoms with van der Waals surface area (Å²) in [5.41, 5.74) is 0. The normalized spacial score (nSPS) is 24.9. The summed E-state index contributed by atoms with van der Waals surface area (Å²) in [6.07, 6.45) is -4.46. The van der Waals surface area contributed by atoms with Gasteiger partial charge in [-0.25, -0.2) is 0 Å². The maximum atomic E-state index is 12.3. The van der Waals surface area contributed by atoms with Gasteiger partial charge in [-0.2, -0.15) is 13.2 Å². The van der Waals surface area contributed by atoms with Crippen molar-refractivity contribution in [3.8, 4) is 0 Å². The van der Waals surface area contributed by atoms with Crippen molar-refractivity contribution < 1.29 is 23.1 Å². The number of carbonyl (C=O) groups excluding carboxylic acids is 1. The van der Waals surface area contributed by atoms with Gasteiger partial charge in [0.05, 0.1) is 12.6 Å². The van der Waals surface area contributed by atoms with E-state index < -0.39 is 31.3 Å². The summed E-state index contributed by atoms with van der Waals surface area (Å²) in [6.45, 7) is 0.592. The van der Waals surface area contributed by atoms with E-state index in [1.54, 1.807) is 0 Å². The summed E-state index contributed by atoms with van der Waals surface area (Å²) in [7, 11) is 0. The van der Waals surface area contributed by atoms with Gasteiger partial charge in [-0.3, -0.25) is 4.79 Å². The molecule has 8 heteroatoms. The molecule has 0 aromatic carbocycles. The molecule has 1 amide bonds. The summed E-state index contributed by atoms with van der Waals surface area (Å²) in [4.78, 5) is 12.5. The number of rotatable bonds is 4. The van der Waals surface area contributed by atoms with Crippen LogP contribution in [0.25, 0.3) is 0 Å². The molecule has 3 N–H and O–H groups in total. The van der Waals surface area contributed by atoms with E-state index in [1.165, 1.54) is 0 Å². The minimum atomic E-state index is -4.46. The fraction of sp³-hybridized carbons (Fsp3) is 0.900. The lowest BCUT2D eigenvalue weighted by atomic mass is 10.1. The highest BCUT2D eigenvalue weighted by atomic mass is 19.4. The highest BCUT2D eigenvalue weighted by molar-refractivity contribution is 5.82. The van der Waals surface area contributed by atoms with Crippen LogP contribution in [0, 0.1) is 0 Å². The highest BCUT2D eigenvalue weighted by Crippen LogP contribution is 2.17. The number of amides is 1. The molecule has 1 rings (SSSR count). The molecule has 1 saturated heterocycles. The van der Waals surface area contributed by atoms with E-state index in [1.807, 2.05) is 6.92 Å². The second kappa shape index (κ2) is 6.35. The molecule has 2 unspecified atom stereocenters. The Morgan fingerprint density at radius 3 is 2.50 bits per heavy atom. The van der Waals surface area contributed by atoms with E-state index in [0.717, 1.165) is 0 Å². The monoisotopic (exact) mass is 269 g/mol. The molecule has 0 aliphatic carbocycles. The third kappa shape index (κ3) is 4.79. The summed E-state index contributed by atoms with van der Waals surface area (Å²) >= 11 is 0. The molecule has 1 aliphatic rings. The Morgan fingerprint density at radius 1 is 1.39 bits per heavy atom. The molecule has 2 atom stereocenters. The Morgan fingerprint density at radius 2 is 2.06 bits per heavy atom. The second-order valence-corrected chi connectivity index (χ2v) is 4.37. The standard InChI is InChI=1S/C10H18F3N3O2/c1-7-4-15-8(5-14-7)9(18)16(2-3-17)6-10(11,12)13/h7-8,14-15,17H,2-6H2,1H3. The van der Waals surface area contributed by atoms with Crippen molar-refractivity contribution in [1.82, 2.24) is 15.5 Å². The molecule has 106 valence electrons. The van der Waals surface area contributed by atoms with E-state index in [4.69, 9.17) is 5.11 Å². The average molecular weight is 269 g/mol. The van der Waals surface area contributed by atoms with Crippen LogP contribution in [-0.4, -0.2) is 67.0 Å². The van der Waals surface area contributed by atoms with E-state index in [2.05, 4.69) is 10.6 Å². The Labute approximate surface area is 103 Å². The van der Waals surface area contributed by atoms with Gasteiger partial charge in [-0.15, -0.1) is 0 Å². The molecule has 0 saturated carbocycles. The first kappa shape index (κ1) is 15.2. The van der Waals surface area contributed by atoms with Crippen LogP contribution in [0.5, 0.6) is 0 Å². The SMILES string of the molecule is CC1CNC(C(=O)N(CCO)CC(F)(F)F)CN1. The molecule has 0 aromatic heterocycles.